The molecule has 84 valence electrons. The summed E-state index contributed by atoms with van der Waals surface area (Å²) in [6, 6.07) is 2.76. The SMILES string of the molecule is Cc1ccc(C(O)c2ncc[nH]2)c(F)c1F. The average molecular weight is 224 g/mol. The maximum atomic E-state index is 13.5. The summed E-state index contributed by atoms with van der Waals surface area (Å²) in [7, 11) is 0. The highest BCUT2D eigenvalue weighted by atomic mass is 19.2. The van der Waals surface area contributed by atoms with E-state index in [2.05, 4.69) is 9.97 Å². The third kappa shape index (κ3) is 1.69. The summed E-state index contributed by atoms with van der Waals surface area (Å²) in [5, 5.41) is 9.78. The van der Waals surface area contributed by atoms with Crippen LogP contribution in [0, 0.1) is 18.6 Å². The lowest BCUT2D eigenvalue weighted by molar-refractivity contribution is 0.204. The van der Waals surface area contributed by atoms with E-state index in [-0.39, 0.29) is 17.0 Å². The molecule has 0 radical (unpaired) electrons. The second kappa shape index (κ2) is 4.02. The van der Waals surface area contributed by atoms with E-state index in [1.807, 2.05) is 0 Å². The van der Waals surface area contributed by atoms with Crippen molar-refractivity contribution in [3.05, 3.63) is 53.1 Å². The molecular weight excluding hydrogens is 214 g/mol. The van der Waals surface area contributed by atoms with Crippen LogP contribution in [0.1, 0.15) is 23.1 Å². The van der Waals surface area contributed by atoms with E-state index in [1.54, 1.807) is 0 Å². The van der Waals surface area contributed by atoms with E-state index < -0.39 is 17.7 Å². The molecule has 0 fully saturated rings. The lowest BCUT2D eigenvalue weighted by atomic mass is 10.1. The Morgan fingerprint density at radius 2 is 2.06 bits per heavy atom. The van der Waals surface area contributed by atoms with Crippen LogP contribution >= 0.6 is 0 Å². The molecule has 1 atom stereocenters. The van der Waals surface area contributed by atoms with E-state index in [9.17, 15) is 13.9 Å². The number of rotatable bonds is 2. The number of aromatic nitrogens is 2. The fraction of sp³-hybridized carbons (Fsp3) is 0.182. The molecule has 0 aliphatic rings. The number of aliphatic hydroxyl groups is 1. The molecule has 0 amide bonds. The maximum absolute atomic E-state index is 13.5. The molecule has 0 aliphatic carbocycles. The Morgan fingerprint density at radius 3 is 2.69 bits per heavy atom. The maximum Gasteiger partial charge on any atom is 0.165 e. The van der Waals surface area contributed by atoms with Gasteiger partial charge in [-0.1, -0.05) is 12.1 Å². The summed E-state index contributed by atoms with van der Waals surface area (Å²) in [5.41, 5.74) is 0.0749. The van der Waals surface area contributed by atoms with Gasteiger partial charge in [0.2, 0.25) is 0 Å². The number of hydrogen-bond acceptors (Lipinski definition) is 2. The van der Waals surface area contributed by atoms with Gasteiger partial charge in [0.25, 0.3) is 0 Å². The van der Waals surface area contributed by atoms with E-state index in [0.29, 0.717) is 0 Å². The molecule has 2 rings (SSSR count). The van der Waals surface area contributed by atoms with Crippen LogP contribution in [0.5, 0.6) is 0 Å². The first-order valence-electron chi connectivity index (χ1n) is 4.73. The smallest absolute Gasteiger partial charge is 0.165 e. The van der Waals surface area contributed by atoms with Crippen LogP contribution < -0.4 is 0 Å². The van der Waals surface area contributed by atoms with Crippen LogP contribution in [0.15, 0.2) is 24.5 Å². The lowest BCUT2D eigenvalue weighted by Crippen LogP contribution is -2.06. The zero-order valence-electron chi connectivity index (χ0n) is 8.54. The third-order valence-corrected chi connectivity index (χ3v) is 2.38. The zero-order chi connectivity index (χ0) is 11.7. The van der Waals surface area contributed by atoms with Crippen molar-refractivity contribution in [3.8, 4) is 0 Å². The number of nitrogens with one attached hydrogen (secondary N) is 1. The van der Waals surface area contributed by atoms with Crippen LogP contribution in [0.2, 0.25) is 0 Å². The quantitative estimate of drug-likeness (QED) is 0.820. The van der Waals surface area contributed by atoms with Gasteiger partial charge in [-0.2, -0.15) is 0 Å². The average Bonchev–Trinajstić information content (AvgIpc) is 2.79. The van der Waals surface area contributed by atoms with Crippen LogP contribution in [-0.4, -0.2) is 15.1 Å². The number of imidazole rings is 1. The number of halogens is 2. The second-order valence-corrected chi connectivity index (χ2v) is 3.48. The Labute approximate surface area is 90.8 Å². The van der Waals surface area contributed by atoms with E-state index in [0.717, 1.165) is 0 Å². The lowest BCUT2D eigenvalue weighted by Gasteiger charge is -2.10. The summed E-state index contributed by atoms with van der Waals surface area (Å²) in [5.74, 6) is -1.80. The largest absolute Gasteiger partial charge is 0.380 e. The van der Waals surface area contributed by atoms with E-state index in [4.69, 9.17) is 0 Å². The van der Waals surface area contributed by atoms with Crippen molar-refractivity contribution in [2.75, 3.05) is 0 Å². The Bertz CT molecular complexity index is 497. The molecular formula is C11H10F2N2O. The topological polar surface area (TPSA) is 48.9 Å². The molecule has 1 heterocycles. The normalized spacial score (nSPS) is 12.8. The van der Waals surface area contributed by atoms with Crippen LogP contribution in [-0.2, 0) is 0 Å². The summed E-state index contributed by atoms with van der Waals surface area (Å²) >= 11 is 0. The Balaban J connectivity index is 2.45. The molecule has 1 aromatic carbocycles. The first-order valence-corrected chi connectivity index (χ1v) is 4.73. The summed E-state index contributed by atoms with van der Waals surface area (Å²) in [6.07, 6.45) is 1.65. The van der Waals surface area contributed by atoms with Crippen molar-refractivity contribution in [2.24, 2.45) is 0 Å². The van der Waals surface area contributed by atoms with Gasteiger partial charge in [-0.05, 0) is 12.5 Å². The molecule has 2 N–H and O–H groups in total. The number of H-pyrrole nitrogens is 1. The molecule has 5 heteroatoms. The first kappa shape index (κ1) is 10.8. The third-order valence-electron chi connectivity index (χ3n) is 2.38. The zero-order valence-corrected chi connectivity index (χ0v) is 8.54. The second-order valence-electron chi connectivity index (χ2n) is 3.48. The number of aromatic amines is 1. The number of benzene rings is 1. The van der Waals surface area contributed by atoms with Crippen molar-refractivity contribution >= 4 is 0 Å². The van der Waals surface area contributed by atoms with Gasteiger partial charge in [0.1, 0.15) is 11.9 Å². The van der Waals surface area contributed by atoms with Crippen LogP contribution in [0.25, 0.3) is 0 Å². The van der Waals surface area contributed by atoms with Gasteiger partial charge in [0.15, 0.2) is 11.6 Å². The number of aliphatic hydroxyl groups excluding tert-OH is 1. The number of nitrogens with zero attached hydrogens (tertiary/aromatic N) is 1. The highest BCUT2D eigenvalue weighted by Gasteiger charge is 2.20. The molecule has 0 spiro atoms. The van der Waals surface area contributed by atoms with Crippen molar-refractivity contribution in [3.63, 3.8) is 0 Å². The molecule has 0 bridgehead atoms. The van der Waals surface area contributed by atoms with Gasteiger partial charge in [-0.15, -0.1) is 0 Å². The fourth-order valence-corrected chi connectivity index (χ4v) is 1.45. The molecule has 1 aromatic heterocycles. The highest BCUT2D eigenvalue weighted by molar-refractivity contribution is 5.29. The van der Waals surface area contributed by atoms with Gasteiger partial charge < -0.3 is 10.1 Å². The van der Waals surface area contributed by atoms with Crippen molar-refractivity contribution in [1.82, 2.24) is 9.97 Å². The predicted molar refractivity (Wildman–Crippen MR) is 53.7 cm³/mol. The summed E-state index contributed by atoms with van der Waals surface area (Å²) < 4.78 is 26.8. The first-order chi connectivity index (χ1) is 7.61. The standard InChI is InChI=1S/C11H10F2N2O/c1-6-2-3-7(9(13)8(6)12)10(16)11-14-4-5-15-11/h2-5,10,16H,1H3,(H,14,15). The molecule has 0 saturated heterocycles. The minimum Gasteiger partial charge on any atom is -0.380 e. The number of aryl methyl sites for hydroxylation is 1. The van der Waals surface area contributed by atoms with Gasteiger partial charge in [-0.25, -0.2) is 13.8 Å². The molecule has 0 aliphatic heterocycles. The Morgan fingerprint density at radius 1 is 1.31 bits per heavy atom. The molecule has 1 unspecified atom stereocenters. The molecule has 2 aromatic rings. The minimum atomic E-state index is -1.29. The van der Waals surface area contributed by atoms with Crippen LogP contribution in [0.4, 0.5) is 8.78 Å². The number of hydrogen-bond donors (Lipinski definition) is 2. The summed E-state index contributed by atoms with van der Waals surface area (Å²) in [4.78, 5) is 6.44. The summed E-state index contributed by atoms with van der Waals surface area (Å²) in [6.45, 7) is 1.46. The van der Waals surface area contributed by atoms with Gasteiger partial charge >= 0.3 is 0 Å². The monoisotopic (exact) mass is 224 g/mol. The minimum absolute atomic E-state index is 0.127. The van der Waals surface area contributed by atoms with E-state index in [1.165, 1.54) is 31.5 Å². The van der Waals surface area contributed by atoms with Crippen molar-refractivity contribution in [1.29, 1.82) is 0 Å². The van der Waals surface area contributed by atoms with Gasteiger partial charge in [-0.3, -0.25) is 0 Å². The molecule has 0 saturated carbocycles. The molecule has 3 nitrogen and oxygen atoms in total. The van der Waals surface area contributed by atoms with Crippen molar-refractivity contribution in [2.45, 2.75) is 13.0 Å². The van der Waals surface area contributed by atoms with Crippen molar-refractivity contribution < 1.29 is 13.9 Å². The fourth-order valence-electron chi connectivity index (χ4n) is 1.45. The Hall–Kier alpha value is -1.75. The van der Waals surface area contributed by atoms with E-state index >= 15 is 0 Å². The Kier molecular flexibility index (Phi) is 2.70. The van der Waals surface area contributed by atoms with Crippen LogP contribution in [0.3, 0.4) is 0 Å². The van der Waals surface area contributed by atoms with Gasteiger partial charge in [0, 0.05) is 18.0 Å². The predicted octanol–water partition coefficient (Wildman–Crippen LogP) is 2.08. The molecule has 16 heavy (non-hydrogen) atoms. The highest BCUT2D eigenvalue weighted by Crippen LogP contribution is 2.24. The van der Waals surface area contributed by atoms with Gasteiger partial charge in [0.05, 0.1) is 0 Å².